The number of esters is 3. The monoisotopic (exact) mass is 476 g/mol. The van der Waals surface area contributed by atoms with Gasteiger partial charge >= 0.3 is 17.9 Å². The zero-order valence-corrected chi connectivity index (χ0v) is 18.7. The number of rotatable bonds is 8. The zero-order valence-electron chi connectivity index (χ0n) is 18.0. The second-order valence-electron chi connectivity index (χ2n) is 6.61. The zero-order chi connectivity index (χ0) is 24.5. The summed E-state index contributed by atoms with van der Waals surface area (Å²) in [5.74, 6) is -3.64. The van der Waals surface area contributed by atoms with Crippen molar-refractivity contribution in [3.63, 3.8) is 0 Å². The van der Waals surface area contributed by atoms with E-state index in [0.717, 1.165) is 14.2 Å². The Morgan fingerprint density at radius 3 is 2.06 bits per heavy atom. The smallest absolute Gasteiger partial charge is 0.337 e. The van der Waals surface area contributed by atoms with Crippen LogP contribution in [0.5, 0.6) is 0 Å². The number of carbonyl (C=O) groups excluding carboxylic acids is 5. The van der Waals surface area contributed by atoms with E-state index in [1.165, 1.54) is 37.3 Å². The van der Waals surface area contributed by atoms with Crippen LogP contribution in [0.25, 0.3) is 0 Å². The lowest BCUT2D eigenvalue weighted by Gasteiger charge is -2.14. The normalized spacial score (nSPS) is 11.0. The predicted molar refractivity (Wildman–Crippen MR) is 117 cm³/mol. The van der Waals surface area contributed by atoms with Gasteiger partial charge in [0.2, 0.25) is 0 Å². The van der Waals surface area contributed by atoms with E-state index in [-0.39, 0.29) is 27.4 Å². The summed E-state index contributed by atoms with van der Waals surface area (Å²) in [6.45, 7) is 0.707. The standard InChI is InChI=1S/C22H21ClN2O8/c1-12(24-19(27)16-6-4-5-7-17(16)23)20(28)33-11-18(26)25-15-9-13(21(29)31-2)8-14(10-15)22(30)32-3/h4-10,12H,11H2,1-3H3,(H,24,27)(H,25,26). The molecule has 0 heterocycles. The van der Waals surface area contributed by atoms with Crippen LogP contribution < -0.4 is 10.6 Å². The number of ether oxygens (including phenoxy) is 3. The highest BCUT2D eigenvalue weighted by molar-refractivity contribution is 6.33. The summed E-state index contributed by atoms with van der Waals surface area (Å²) in [5, 5.41) is 5.06. The first kappa shape index (κ1) is 25.3. The molecule has 0 saturated heterocycles. The molecular formula is C22H21ClN2O8. The second-order valence-corrected chi connectivity index (χ2v) is 7.02. The third kappa shape index (κ3) is 7.04. The van der Waals surface area contributed by atoms with Gasteiger partial charge in [0.15, 0.2) is 6.61 Å². The average molecular weight is 477 g/mol. The molecule has 0 aliphatic heterocycles. The van der Waals surface area contributed by atoms with Gasteiger partial charge < -0.3 is 24.8 Å². The summed E-state index contributed by atoms with van der Waals surface area (Å²) < 4.78 is 14.2. The van der Waals surface area contributed by atoms with E-state index >= 15 is 0 Å². The van der Waals surface area contributed by atoms with Gasteiger partial charge in [-0.25, -0.2) is 14.4 Å². The Morgan fingerprint density at radius 2 is 1.52 bits per heavy atom. The van der Waals surface area contributed by atoms with Crippen molar-refractivity contribution >= 4 is 47.0 Å². The quantitative estimate of drug-likeness (QED) is 0.437. The molecular weight excluding hydrogens is 456 g/mol. The molecule has 2 amide bonds. The second kappa shape index (κ2) is 11.6. The van der Waals surface area contributed by atoms with Crippen LogP contribution >= 0.6 is 11.6 Å². The molecule has 0 radical (unpaired) electrons. The molecule has 0 aromatic heterocycles. The maximum absolute atomic E-state index is 12.2. The molecule has 174 valence electrons. The summed E-state index contributed by atoms with van der Waals surface area (Å²) >= 11 is 5.95. The Hall–Kier alpha value is -3.92. The summed E-state index contributed by atoms with van der Waals surface area (Å²) in [6.07, 6.45) is 0. The number of benzene rings is 2. The van der Waals surface area contributed by atoms with Crippen molar-refractivity contribution in [1.29, 1.82) is 0 Å². The Morgan fingerprint density at radius 1 is 0.939 bits per heavy atom. The van der Waals surface area contributed by atoms with Gasteiger partial charge in [0.25, 0.3) is 11.8 Å². The third-order valence-electron chi connectivity index (χ3n) is 4.22. The van der Waals surface area contributed by atoms with E-state index in [2.05, 4.69) is 20.1 Å². The fourth-order valence-corrected chi connectivity index (χ4v) is 2.83. The first-order valence-electron chi connectivity index (χ1n) is 9.49. The molecule has 0 aliphatic carbocycles. The lowest BCUT2D eigenvalue weighted by molar-refractivity contribution is -0.148. The molecule has 0 bridgehead atoms. The SMILES string of the molecule is COC(=O)c1cc(NC(=O)COC(=O)C(C)NC(=O)c2ccccc2Cl)cc(C(=O)OC)c1. The Balaban J connectivity index is 1.98. The number of halogens is 1. The number of hydrogen-bond donors (Lipinski definition) is 2. The summed E-state index contributed by atoms with van der Waals surface area (Å²) in [4.78, 5) is 60.2. The van der Waals surface area contributed by atoms with Crippen molar-refractivity contribution < 1.29 is 38.2 Å². The van der Waals surface area contributed by atoms with Gasteiger partial charge in [-0.2, -0.15) is 0 Å². The van der Waals surface area contributed by atoms with E-state index in [1.54, 1.807) is 12.1 Å². The predicted octanol–water partition coefficient (Wildman–Crippen LogP) is 2.21. The molecule has 0 fully saturated rings. The molecule has 0 spiro atoms. The van der Waals surface area contributed by atoms with Crippen LogP contribution in [0.2, 0.25) is 5.02 Å². The highest BCUT2D eigenvalue weighted by Crippen LogP contribution is 2.17. The van der Waals surface area contributed by atoms with Crippen molar-refractivity contribution in [2.45, 2.75) is 13.0 Å². The van der Waals surface area contributed by atoms with Gasteiger partial charge in [-0.15, -0.1) is 0 Å². The average Bonchev–Trinajstić information content (AvgIpc) is 2.81. The van der Waals surface area contributed by atoms with Crippen molar-refractivity contribution in [2.24, 2.45) is 0 Å². The van der Waals surface area contributed by atoms with Gasteiger partial charge in [0.1, 0.15) is 6.04 Å². The number of nitrogens with one attached hydrogen (secondary N) is 2. The summed E-state index contributed by atoms with van der Waals surface area (Å²) in [5.41, 5.74) is 0.273. The molecule has 10 nitrogen and oxygen atoms in total. The summed E-state index contributed by atoms with van der Waals surface area (Å²) in [6, 6.07) is 9.05. The van der Waals surface area contributed by atoms with Crippen molar-refractivity contribution in [2.75, 3.05) is 26.1 Å². The molecule has 33 heavy (non-hydrogen) atoms. The minimum absolute atomic E-state index is 0.00334. The van der Waals surface area contributed by atoms with Crippen LogP contribution in [0, 0.1) is 0 Å². The molecule has 2 rings (SSSR count). The molecule has 11 heteroatoms. The number of amides is 2. The largest absolute Gasteiger partial charge is 0.465 e. The van der Waals surface area contributed by atoms with Crippen LogP contribution in [0.1, 0.15) is 38.0 Å². The maximum Gasteiger partial charge on any atom is 0.337 e. The van der Waals surface area contributed by atoms with Crippen molar-refractivity contribution in [1.82, 2.24) is 5.32 Å². The number of anilines is 1. The minimum atomic E-state index is -1.06. The molecule has 1 atom stereocenters. The van der Waals surface area contributed by atoms with E-state index in [4.69, 9.17) is 16.3 Å². The molecule has 1 unspecified atom stereocenters. The maximum atomic E-state index is 12.2. The van der Waals surface area contributed by atoms with Crippen LogP contribution in [0.4, 0.5) is 5.69 Å². The third-order valence-corrected chi connectivity index (χ3v) is 4.55. The Bertz CT molecular complexity index is 1050. The molecule has 2 N–H and O–H groups in total. The Kier molecular flexibility index (Phi) is 8.93. The van der Waals surface area contributed by atoms with Gasteiger partial charge in [-0.3, -0.25) is 9.59 Å². The van der Waals surface area contributed by atoms with E-state index in [0.29, 0.717) is 0 Å². The number of methoxy groups -OCH3 is 2. The number of carbonyl (C=O) groups is 5. The molecule has 0 aliphatic rings. The molecule has 2 aromatic carbocycles. The van der Waals surface area contributed by atoms with E-state index in [1.807, 2.05) is 0 Å². The lowest BCUT2D eigenvalue weighted by Crippen LogP contribution is -2.40. The molecule has 0 saturated carbocycles. The fourth-order valence-electron chi connectivity index (χ4n) is 2.61. The lowest BCUT2D eigenvalue weighted by atomic mass is 10.1. The van der Waals surface area contributed by atoms with Crippen LogP contribution in [-0.4, -0.2) is 56.6 Å². The summed E-state index contributed by atoms with van der Waals surface area (Å²) in [7, 11) is 2.33. The minimum Gasteiger partial charge on any atom is -0.465 e. The first-order valence-corrected chi connectivity index (χ1v) is 9.87. The van der Waals surface area contributed by atoms with Crippen LogP contribution in [-0.2, 0) is 23.8 Å². The van der Waals surface area contributed by atoms with E-state index in [9.17, 15) is 24.0 Å². The topological polar surface area (TPSA) is 137 Å². The highest BCUT2D eigenvalue weighted by Gasteiger charge is 2.21. The van der Waals surface area contributed by atoms with E-state index < -0.39 is 42.4 Å². The fraction of sp³-hybridized carbons (Fsp3) is 0.227. The molecule has 2 aromatic rings. The first-order chi connectivity index (χ1) is 15.7. The van der Waals surface area contributed by atoms with Gasteiger partial charge in [-0.05, 0) is 37.3 Å². The number of hydrogen-bond acceptors (Lipinski definition) is 8. The Labute approximate surface area is 194 Å². The van der Waals surface area contributed by atoms with Gasteiger partial charge in [0, 0.05) is 5.69 Å². The van der Waals surface area contributed by atoms with Crippen LogP contribution in [0.3, 0.4) is 0 Å². The van der Waals surface area contributed by atoms with Gasteiger partial charge in [-0.1, -0.05) is 23.7 Å². The van der Waals surface area contributed by atoms with Gasteiger partial charge in [0.05, 0.1) is 35.9 Å². The van der Waals surface area contributed by atoms with Crippen molar-refractivity contribution in [3.05, 3.63) is 64.2 Å². The van der Waals surface area contributed by atoms with Crippen LogP contribution in [0.15, 0.2) is 42.5 Å². The van der Waals surface area contributed by atoms with Crippen molar-refractivity contribution in [3.8, 4) is 0 Å². The highest BCUT2D eigenvalue weighted by atomic mass is 35.5.